The van der Waals surface area contributed by atoms with Crippen LogP contribution in [0.5, 0.6) is 0 Å². The highest BCUT2D eigenvalue weighted by molar-refractivity contribution is 5.40. The standard InChI is InChI=1S/C19H23N/c1-14-7-3-4-8-16(14)13-19(20)12-11-15(2)17-9-5-6-10-18(17)19/h3-10,15H,11-13,20H2,1-2H3. The van der Waals surface area contributed by atoms with Crippen molar-refractivity contribution < 1.29 is 0 Å². The molecule has 1 heteroatoms. The van der Waals surface area contributed by atoms with Gasteiger partial charge in [0.05, 0.1) is 0 Å². The van der Waals surface area contributed by atoms with Gasteiger partial charge < -0.3 is 5.73 Å². The zero-order valence-corrected chi connectivity index (χ0v) is 12.4. The molecule has 0 heterocycles. The Balaban J connectivity index is 2.01. The van der Waals surface area contributed by atoms with Crippen LogP contribution < -0.4 is 5.73 Å². The zero-order chi connectivity index (χ0) is 14.2. The lowest BCUT2D eigenvalue weighted by atomic mass is 9.70. The summed E-state index contributed by atoms with van der Waals surface area (Å²) in [5, 5.41) is 0. The average molecular weight is 265 g/mol. The van der Waals surface area contributed by atoms with Crippen LogP contribution in [0.4, 0.5) is 0 Å². The first-order chi connectivity index (χ1) is 9.60. The van der Waals surface area contributed by atoms with Crippen molar-refractivity contribution in [2.24, 2.45) is 5.73 Å². The smallest absolute Gasteiger partial charge is 0.0453 e. The van der Waals surface area contributed by atoms with Crippen molar-refractivity contribution in [1.82, 2.24) is 0 Å². The third-order valence-corrected chi connectivity index (χ3v) is 4.82. The fourth-order valence-corrected chi connectivity index (χ4v) is 3.48. The number of hydrogen-bond donors (Lipinski definition) is 1. The van der Waals surface area contributed by atoms with Gasteiger partial charge in [0.15, 0.2) is 0 Å². The maximum atomic E-state index is 6.83. The molecular formula is C19H23N. The van der Waals surface area contributed by atoms with Crippen LogP contribution in [0.3, 0.4) is 0 Å². The van der Waals surface area contributed by atoms with Gasteiger partial charge in [-0.3, -0.25) is 0 Å². The Hall–Kier alpha value is -1.60. The largest absolute Gasteiger partial charge is 0.321 e. The van der Waals surface area contributed by atoms with Gasteiger partial charge in [0, 0.05) is 5.54 Å². The third-order valence-electron chi connectivity index (χ3n) is 4.82. The lowest BCUT2D eigenvalue weighted by Crippen LogP contribution is -2.42. The van der Waals surface area contributed by atoms with Crippen molar-refractivity contribution in [3.8, 4) is 0 Å². The Morgan fingerprint density at radius 1 is 1.10 bits per heavy atom. The molecule has 0 amide bonds. The number of rotatable bonds is 2. The van der Waals surface area contributed by atoms with Crippen LogP contribution in [0, 0.1) is 6.92 Å². The summed E-state index contributed by atoms with van der Waals surface area (Å²) in [5.41, 5.74) is 12.1. The van der Waals surface area contributed by atoms with E-state index in [0.717, 1.165) is 12.8 Å². The Bertz CT molecular complexity index is 617. The van der Waals surface area contributed by atoms with Crippen LogP contribution in [-0.2, 0) is 12.0 Å². The molecule has 0 aromatic heterocycles. The highest BCUT2D eigenvalue weighted by atomic mass is 14.8. The van der Waals surface area contributed by atoms with Crippen molar-refractivity contribution in [1.29, 1.82) is 0 Å². The molecule has 2 N–H and O–H groups in total. The summed E-state index contributed by atoms with van der Waals surface area (Å²) in [6.45, 7) is 4.49. The van der Waals surface area contributed by atoms with E-state index in [1.165, 1.54) is 28.7 Å². The Labute approximate surface area is 121 Å². The summed E-state index contributed by atoms with van der Waals surface area (Å²) < 4.78 is 0. The van der Waals surface area contributed by atoms with Crippen molar-refractivity contribution in [2.45, 2.75) is 44.6 Å². The molecule has 2 aromatic rings. The minimum Gasteiger partial charge on any atom is -0.321 e. The molecule has 2 unspecified atom stereocenters. The second-order valence-corrected chi connectivity index (χ2v) is 6.29. The average Bonchev–Trinajstić information content (AvgIpc) is 2.46. The van der Waals surface area contributed by atoms with Crippen molar-refractivity contribution in [3.05, 3.63) is 70.8 Å². The van der Waals surface area contributed by atoms with E-state index < -0.39 is 0 Å². The molecular weight excluding hydrogens is 242 g/mol. The van der Waals surface area contributed by atoms with Crippen LogP contribution >= 0.6 is 0 Å². The van der Waals surface area contributed by atoms with Crippen LogP contribution in [0.2, 0.25) is 0 Å². The van der Waals surface area contributed by atoms with E-state index in [-0.39, 0.29) is 5.54 Å². The monoisotopic (exact) mass is 265 g/mol. The van der Waals surface area contributed by atoms with Crippen molar-refractivity contribution in [2.75, 3.05) is 0 Å². The minimum atomic E-state index is -0.213. The lowest BCUT2D eigenvalue weighted by molar-refractivity contribution is 0.348. The molecule has 104 valence electrons. The van der Waals surface area contributed by atoms with E-state index in [4.69, 9.17) is 5.73 Å². The number of aryl methyl sites for hydroxylation is 1. The second kappa shape index (κ2) is 5.06. The van der Waals surface area contributed by atoms with Gasteiger partial charge in [0.25, 0.3) is 0 Å². The predicted molar refractivity (Wildman–Crippen MR) is 84.8 cm³/mol. The maximum absolute atomic E-state index is 6.83. The first-order valence-corrected chi connectivity index (χ1v) is 7.53. The van der Waals surface area contributed by atoms with Gasteiger partial charge in [0.1, 0.15) is 0 Å². The lowest BCUT2D eigenvalue weighted by Gasteiger charge is -2.39. The van der Waals surface area contributed by atoms with Crippen molar-refractivity contribution in [3.63, 3.8) is 0 Å². The fraction of sp³-hybridized carbons (Fsp3) is 0.368. The molecule has 20 heavy (non-hydrogen) atoms. The normalized spacial score (nSPS) is 25.2. The molecule has 0 saturated carbocycles. The predicted octanol–water partition coefficient (Wildman–Crippen LogP) is 4.29. The second-order valence-electron chi connectivity index (χ2n) is 6.29. The molecule has 2 aromatic carbocycles. The molecule has 0 aliphatic heterocycles. The molecule has 0 fully saturated rings. The molecule has 0 bridgehead atoms. The summed E-state index contributed by atoms with van der Waals surface area (Å²) >= 11 is 0. The topological polar surface area (TPSA) is 26.0 Å². The van der Waals surface area contributed by atoms with E-state index in [1.54, 1.807) is 0 Å². The highest BCUT2D eigenvalue weighted by Gasteiger charge is 2.35. The summed E-state index contributed by atoms with van der Waals surface area (Å²) in [4.78, 5) is 0. The maximum Gasteiger partial charge on any atom is 0.0453 e. The molecule has 3 rings (SSSR count). The number of benzene rings is 2. The molecule has 1 aliphatic rings. The Kier molecular flexibility index (Phi) is 3.39. The van der Waals surface area contributed by atoms with Crippen LogP contribution in [0.15, 0.2) is 48.5 Å². The zero-order valence-electron chi connectivity index (χ0n) is 12.4. The summed E-state index contributed by atoms with van der Waals surface area (Å²) in [5.74, 6) is 0.625. The van der Waals surface area contributed by atoms with Gasteiger partial charge in [-0.25, -0.2) is 0 Å². The summed E-state index contributed by atoms with van der Waals surface area (Å²) in [6, 6.07) is 17.3. The summed E-state index contributed by atoms with van der Waals surface area (Å²) in [6.07, 6.45) is 3.18. The van der Waals surface area contributed by atoms with Gasteiger partial charge in [0.2, 0.25) is 0 Å². The van der Waals surface area contributed by atoms with Gasteiger partial charge in [-0.2, -0.15) is 0 Å². The Morgan fingerprint density at radius 3 is 2.60 bits per heavy atom. The van der Waals surface area contributed by atoms with Gasteiger partial charge in [-0.1, -0.05) is 55.5 Å². The highest BCUT2D eigenvalue weighted by Crippen LogP contribution is 2.41. The quantitative estimate of drug-likeness (QED) is 0.861. The first kappa shape index (κ1) is 13.4. The van der Waals surface area contributed by atoms with Gasteiger partial charge in [-0.15, -0.1) is 0 Å². The summed E-state index contributed by atoms with van der Waals surface area (Å²) in [7, 11) is 0. The van der Waals surface area contributed by atoms with E-state index in [2.05, 4.69) is 62.4 Å². The Morgan fingerprint density at radius 2 is 1.80 bits per heavy atom. The molecule has 0 saturated heterocycles. The van der Waals surface area contributed by atoms with Crippen LogP contribution in [0.1, 0.15) is 47.9 Å². The molecule has 2 atom stereocenters. The van der Waals surface area contributed by atoms with Crippen LogP contribution in [-0.4, -0.2) is 0 Å². The van der Waals surface area contributed by atoms with E-state index >= 15 is 0 Å². The molecule has 0 spiro atoms. The number of fused-ring (bicyclic) bond motifs is 1. The third kappa shape index (κ3) is 2.27. The van der Waals surface area contributed by atoms with Gasteiger partial charge in [-0.05, 0) is 54.4 Å². The van der Waals surface area contributed by atoms with Crippen LogP contribution in [0.25, 0.3) is 0 Å². The van der Waals surface area contributed by atoms with E-state index in [1.807, 2.05) is 0 Å². The fourth-order valence-electron chi connectivity index (χ4n) is 3.48. The van der Waals surface area contributed by atoms with Gasteiger partial charge >= 0.3 is 0 Å². The minimum absolute atomic E-state index is 0.213. The number of hydrogen-bond acceptors (Lipinski definition) is 1. The van der Waals surface area contributed by atoms with E-state index in [9.17, 15) is 0 Å². The van der Waals surface area contributed by atoms with Crippen molar-refractivity contribution >= 4 is 0 Å². The van der Waals surface area contributed by atoms with E-state index in [0.29, 0.717) is 5.92 Å². The number of nitrogens with two attached hydrogens (primary N) is 1. The molecule has 1 aliphatic carbocycles. The SMILES string of the molecule is Cc1ccccc1CC1(N)CCC(C)c2ccccc21. The first-order valence-electron chi connectivity index (χ1n) is 7.53. The molecule has 1 nitrogen and oxygen atoms in total. The molecule has 0 radical (unpaired) electrons.